The molecule has 1 aromatic carbocycles. The van der Waals surface area contributed by atoms with Gasteiger partial charge in [0.1, 0.15) is 23.2 Å². The van der Waals surface area contributed by atoms with Crippen molar-refractivity contribution >= 4 is 17.9 Å². The Hall–Kier alpha value is -2.77. The number of carboxylic acid groups (broad SMARTS) is 1. The van der Waals surface area contributed by atoms with Gasteiger partial charge in [-0.3, -0.25) is 9.59 Å². The Bertz CT molecular complexity index is 697. The van der Waals surface area contributed by atoms with Gasteiger partial charge in [0.2, 0.25) is 0 Å². The van der Waals surface area contributed by atoms with Crippen LogP contribution in [0.3, 0.4) is 0 Å². The number of aliphatic carboxylic acids is 1. The van der Waals surface area contributed by atoms with Crippen LogP contribution in [-0.2, 0) is 25.5 Å². The number of hydrogen-bond acceptors (Lipinski definition) is 7. The average Bonchev–Trinajstić information content (AvgIpc) is 2.56. The molecule has 2 rings (SSSR count). The minimum Gasteiger partial charge on any atom is -0.508 e. The third-order valence-corrected chi connectivity index (χ3v) is 4.19. The third-order valence-electron chi connectivity index (χ3n) is 4.19. The quantitative estimate of drug-likeness (QED) is 0.471. The molecule has 0 amide bonds. The molecule has 1 aromatic rings. The first-order valence-electron chi connectivity index (χ1n) is 8.44. The van der Waals surface area contributed by atoms with E-state index in [4.69, 9.17) is 14.6 Å². The molecular weight excluding hydrogens is 344 g/mol. The highest BCUT2D eigenvalue weighted by atomic mass is 16.5. The highest BCUT2D eigenvalue weighted by Gasteiger charge is 2.31. The van der Waals surface area contributed by atoms with E-state index in [0.29, 0.717) is 31.2 Å². The van der Waals surface area contributed by atoms with Crippen molar-refractivity contribution in [2.75, 3.05) is 0 Å². The van der Waals surface area contributed by atoms with Crippen LogP contribution in [0, 0.1) is 0 Å². The molecule has 1 aliphatic rings. The van der Waals surface area contributed by atoms with E-state index in [9.17, 15) is 24.6 Å². The van der Waals surface area contributed by atoms with E-state index in [1.807, 2.05) is 0 Å². The van der Waals surface area contributed by atoms with E-state index in [0.717, 1.165) is 0 Å². The van der Waals surface area contributed by atoms with Gasteiger partial charge in [0.05, 0.1) is 18.9 Å². The smallest absolute Gasteiger partial charge is 0.342 e. The van der Waals surface area contributed by atoms with Gasteiger partial charge in [0.25, 0.3) is 0 Å². The fourth-order valence-corrected chi connectivity index (χ4v) is 2.88. The van der Waals surface area contributed by atoms with Crippen LogP contribution in [0.4, 0.5) is 0 Å². The van der Waals surface area contributed by atoms with Gasteiger partial charge in [0.15, 0.2) is 0 Å². The van der Waals surface area contributed by atoms with E-state index >= 15 is 0 Å². The van der Waals surface area contributed by atoms with Crippen molar-refractivity contribution in [3.8, 4) is 11.5 Å². The van der Waals surface area contributed by atoms with Gasteiger partial charge in [-0.25, -0.2) is 4.79 Å². The van der Waals surface area contributed by atoms with Crippen molar-refractivity contribution in [1.82, 2.24) is 0 Å². The van der Waals surface area contributed by atoms with E-state index in [1.54, 1.807) is 6.92 Å². The molecule has 0 radical (unpaired) electrons. The number of hydrogen-bond donors (Lipinski definition) is 3. The number of esters is 2. The second kappa shape index (κ2) is 8.55. The Balaban J connectivity index is 1.80. The van der Waals surface area contributed by atoms with E-state index < -0.39 is 24.0 Å². The molecule has 0 unspecified atom stereocenters. The molecule has 2 atom stereocenters. The average molecular weight is 366 g/mol. The predicted octanol–water partition coefficient (Wildman–Crippen LogP) is 2.15. The summed E-state index contributed by atoms with van der Waals surface area (Å²) in [4.78, 5) is 33.9. The van der Waals surface area contributed by atoms with Gasteiger partial charge >= 0.3 is 17.9 Å². The molecule has 1 heterocycles. The van der Waals surface area contributed by atoms with Crippen molar-refractivity contribution in [3.63, 3.8) is 0 Å². The normalized spacial score (nSPS) is 17.1. The van der Waals surface area contributed by atoms with Crippen molar-refractivity contribution in [2.45, 2.75) is 57.7 Å². The molecule has 0 aliphatic carbocycles. The second-order valence-corrected chi connectivity index (χ2v) is 6.31. The highest BCUT2D eigenvalue weighted by Crippen LogP contribution is 2.35. The third kappa shape index (κ3) is 5.11. The topological polar surface area (TPSA) is 130 Å². The van der Waals surface area contributed by atoms with Crippen LogP contribution in [0.25, 0.3) is 0 Å². The summed E-state index contributed by atoms with van der Waals surface area (Å²) in [5, 5.41) is 28.2. The molecule has 0 fully saturated rings. The standard InChI is InChI=1S/C18H22O8/c1-10(25-16(23)8-7-15(21)22)3-2-4-11-9-12-13(19)5-6-14(20)17(12)18(24)26-11/h5-6,10-11,19-20H,2-4,7-9H2,1H3,(H,21,22)/t10-,11+/m0/s1. The van der Waals surface area contributed by atoms with Crippen LogP contribution >= 0.6 is 0 Å². The van der Waals surface area contributed by atoms with E-state index in [2.05, 4.69) is 0 Å². The number of ether oxygens (including phenoxy) is 2. The van der Waals surface area contributed by atoms with Crippen LogP contribution in [0.5, 0.6) is 11.5 Å². The van der Waals surface area contributed by atoms with Gasteiger partial charge in [-0.05, 0) is 38.3 Å². The largest absolute Gasteiger partial charge is 0.508 e. The molecule has 8 nitrogen and oxygen atoms in total. The van der Waals surface area contributed by atoms with Crippen LogP contribution in [0.1, 0.15) is 54.9 Å². The van der Waals surface area contributed by atoms with Crippen molar-refractivity contribution < 1.29 is 39.2 Å². The zero-order valence-electron chi connectivity index (χ0n) is 14.4. The van der Waals surface area contributed by atoms with Gasteiger partial charge in [-0.15, -0.1) is 0 Å². The summed E-state index contributed by atoms with van der Waals surface area (Å²) < 4.78 is 10.4. The molecule has 8 heteroatoms. The number of carbonyl (C=O) groups is 3. The Labute approximate surface area is 150 Å². The summed E-state index contributed by atoms with van der Waals surface area (Å²) in [6, 6.07) is 2.58. The number of rotatable bonds is 8. The van der Waals surface area contributed by atoms with Crippen molar-refractivity contribution in [2.24, 2.45) is 0 Å². The van der Waals surface area contributed by atoms with Gasteiger partial charge in [-0.2, -0.15) is 0 Å². The van der Waals surface area contributed by atoms with Crippen LogP contribution < -0.4 is 0 Å². The minimum atomic E-state index is -1.05. The fourth-order valence-electron chi connectivity index (χ4n) is 2.88. The van der Waals surface area contributed by atoms with E-state index in [1.165, 1.54) is 12.1 Å². The maximum absolute atomic E-state index is 12.0. The summed E-state index contributed by atoms with van der Waals surface area (Å²) in [5.74, 6) is -2.55. The van der Waals surface area contributed by atoms with Crippen LogP contribution in [0.15, 0.2) is 12.1 Å². The lowest BCUT2D eigenvalue weighted by atomic mass is 9.94. The number of phenols is 2. The summed E-state index contributed by atoms with van der Waals surface area (Å²) in [5.41, 5.74) is 0.376. The molecule has 26 heavy (non-hydrogen) atoms. The molecule has 0 spiro atoms. The first-order valence-corrected chi connectivity index (χ1v) is 8.44. The molecule has 0 bridgehead atoms. The van der Waals surface area contributed by atoms with Gasteiger partial charge in [-0.1, -0.05) is 0 Å². The Kier molecular flexibility index (Phi) is 6.43. The van der Waals surface area contributed by atoms with Crippen LogP contribution in [0.2, 0.25) is 0 Å². The Morgan fingerprint density at radius 3 is 2.65 bits per heavy atom. The number of benzene rings is 1. The Morgan fingerprint density at radius 1 is 1.27 bits per heavy atom. The number of cyclic esters (lactones) is 1. The summed E-state index contributed by atoms with van der Waals surface area (Å²) in [6.45, 7) is 1.71. The lowest BCUT2D eigenvalue weighted by molar-refractivity contribution is -0.151. The first-order chi connectivity index (χ1) is 12.3. The monoisotopic (exact) mass is 366 g/mol. The maximum Gasteiger partial charge on any atom is 0.342 e. The minimum absolute atomic E-state index is 0.00183. The van der Waals surface area contributed by atoms with Gasteiger partial charge < -0.3 is 24.8 Å². The van der Waals surface area contributed by atoms with Crippen molar-refractivity contribution in [1.29, 1.82) is 0 Å². The fraction of sp³-hybridized carbons (Fsp3) is 0.500. The van der Waals surface area contributed by atoms with Gasteiger partial charge in [0, 0.05) is 12.0 Å². The maximum atomic E-state index is 12.0. The SMILES string of the molecule is C[C@@H](CCC[C@@H]1Cc2c(O)ccc(O)c2C(=O)O1)OC(=O)CCC(=O)O. The Morgan fingerprint density at radius 2 is 1.96 bits per heavy atom. The second-order valence-electron chi connectivity index (χ2n) is 6.31. The predicted molar refractivity (Wildman–Crippen MR) is 89.0 cm³/mol. The summed E-state index contributed by atoms with van der Waals surface area (Å²) in [6.07, 6.45) is 0.716. The molecule has 0 saturated carbocycles. The molecule has 0 saturated heterocycles. The number of carboxylic acids is 1. The number of carbonyl (C=O) groups excluding carboxylic acids is 2. The number of phenolic OH excluding ortho intramolecular Hbond substituents is 2. The zero-order valence-corrected chi connectivity index (χ0v) is 14.4. The molecule has 3 N–H and O–H groups in total. The van der Waals surface area contributed by atoms with Crippen molar-refractivity contribution in [3.05, 3.63) is 23.3 Å². The lowest BCUT2D eigenvalue weighted by Gasteiger charge is -2.26. The lowest BCUT2D eigenvalue weighted by Crippen LogP contribution is -2.28. The first kappa shape index (κ1) is 19.6. The molecular formula is C18H22O8. The highest BCUT2D eigenvalue weighted by molar-refractivity contribution is 5.96. The molecule has 0 aromatic heterocycles. The number of fused-ring (bicyclic) bond motifs is 1. The van der Waals surface area contributed by atoms with E-state index in [-0.39, 0.29) is 36.0 Å². The molecule has 142 valence electrons. The summed E-state index contributed by atoms with van der Waals surface area (Å²) in [7, 11) is 0. The summed E-state index contributed by atoms with van der Waals surface area (Å²) >= 11 is 0. The molecule has 1 aliphatic heterocycles. The number of aromatic hydroxyl groups is 2. The van der Waals surface area contributed by atoms with Crippen LogP contribution in [-0.4, -0.2) is 45.4 Å². The zero-order chi connectivity index (χ0) is 19.3.